The van der Waals surface area contributed by atoms with E-state index < -0.39 is 0 Å². The van der Waals surface area contributed by atoms with Crippen LogP contribution in [0, 0.1) is 5.41 Å². The van der Waals surface area contributed by atoms with Crippen molar-refractivity contribution in [3.05, 3.63) is 125 Å². The fourth-order valence-electron chi connectivity index (χ4n) is 10.2. The van der Waals surface area contributed by atoms with Gasteiger partial charge in [0.2, 0.25) is 0 Å². The zero-order valence-electron chi connectivity index (χ0n) is 39.5. The van der Waals surface area contributed by atoms with Crippen molar-refractivity contribution in [3.63, 3.8) is 0 Å². The van der Waals surface area contributed by atoms with Gasteiger partial charge in [0.25, 0.3) is 0 Å². The summed E-state index contributed by atoms with van der Waals surface area (Å²) in [5.74, 6) is 0. The Hall–Kier alpha value is -5.02. The zero-order chi connectivity index (χ0) is 43.4. The van der Waals surface area contributed by atoms with Crippen molar-refractivity contribution in [2.24, 2.45) is 5.41 Å². The van der Waals surface area contributed by atoms with Crippen LogP contribution in [0.5, 0.6) is 0 Å². The molecule has 5 aromatic carbocycles. The summed E-state index contributed by atoms with van der Waals surface area (Å²) in [5.41, 5.74) is 17.8. The zero-order valence-corrected chi connectivity index (χ0v) is 39.5. The number of aryl methyl sites for hydroxylation is 1. The number of benzene rings is 5. The van der Waals surface area contributed by atoms with Gasteiger partial charge in [0.1, 0.15) is 0 Å². The highest BCUT2D eigenvalue weighted by molar-refractivity contribution is 6.12. The van der Waals surface area contributed by atoms with E-state index in [1.165, 1.54) is 120 Å². The SMILES string of the molecule is CCCCCCn1c2ccc(-n3c4c(c5cc(C(C)(C)C)ccc53)C=C(C(C)(C)C)CC4)cc2c2cc(-n3c4ccc(C(C)(C)C)cc4c4cc(C(C)(C)C)ccc43)ccc21. The monoisotopic (exact) mass is 808 g/mol. The molecule has 0 saturated heterocycles. The number of allylic oxidation sites excluding steroid dienone is 1. The molecule has 0 saturated carbocycles. The van der Waals surface area contributed by atoms with E-state index in [0.29, 0.717) is 0 Å². The molecule has 0 spiro atoms. The molecule has 0 radical (unpaired) electrons. The van der Waals surface area contributed by atoms with Crippen LogP contribution in [0.25, 0.3) is 72.0 Å². The maximum Gasteiger partial charge on any atom is 0.0541 e. The van der Waals surface area contributed by atoms with Crippen LogP contribution >= 0.6 is 0 Å². The Kier molecular flexibility index (Phi) is 9.85. The Balaban J connectivity index is 1.29. The highest BCUT2D eigenvalue weighted by Crippen LogP contribution is 2.44. The first-order valence-electron chi connectivity index (χ1n) is 23.3. The van der Waals surface area contributed by atoms with Crippen LogP contribution in [0.4, 0.5) is 0 Å². The van der Waals surface area contributed by atoms with E-state index in [1.807, 2.05) is 0 Å². The molecule has 1 aliphatic rings. The number of nitrogens with zero attached hydrogens (tertiary/aromatic N) is 3. The molecule has 0 fully saturated rings. The van der Waals surface area contributed by atoms with Gasteiger partial charge in [-0.2, -0.15) is 0 Å². The van der Waals surface area contributed by atoms with Crippen LogP contribution in [0.2, 0.25) is 0 Å². The van der Waals surface area contributed by atoms with Gasteiger partial charge in [-0.3, -0.25) is 0 Å². The molecule has 316 valence electrons. The third kappa shape index (κ3) is 7.14. The Morgan fingerprint density at radius 2 is 0.869 bits per heavy atom. The molecule has 0 amide bonds. The molecule has 9 rings (SSSR count). The largest absolute Gasteiger partial charge is 0.340 e. The molecule has 0 N–H and O–H groups in total. The summed E-state index contributed by atoms with van der Waals surface area (Å²) in [4.78, 5) is 0. The Morgan fingerprint density at radius 1 is 0.426 bits per heavy atom. The van der Waals surface area contributed by atoms with Gasteiger partial charge in [-0.25, -0.2) is 0 Å². The molecule has 3 aromatic heterocycles. The summed E-state index contributed by atoms with van der Waals surface area (Å²) in [6.07, 6.45) is 9.63. The van der Waals surface area contributed by atoms with Crippen LogP contribution < -0.4 is 0 Å². The first-order chi connectivity index (χ1) is 28.7. The van der Waals surface area contributed by atoms with Crippen molar-refractivity contribution in [2.75, 3.05) is 0 Å². The second kappa shape index (κ2) is 14.5. The van der Waals surface area contributed by atoms with Gasteiger partial charge in [-0.1, -0.05) is 139 Å². The van der Waals surface area contributed by atoms with E-state index in [9.17, 15) is 0 Å². The quantitative estimate of drug-likeness (QED) is 0.143. The summed E-state index contributed by atoms with van der Waals surface area (Å²) >= 11 is 0. The molecule has 0 unspecified atom stereocenters. The van der Waals surface area contributed by atoms with E-state index in [0.717, 1.165) is 19.4 Å². The molecule has 8 aromatic rings. The van der Waals surface area contributed by atoms with Gasteiger partial charge in [-0.15, -0.1) is 0 Å². The third-order valence-electron chi connectivity index (χ3n) is 14.0. The van der Waals surface area contributed by atoms with Crippen LogP contribution in [0.15, 0.2) is 96.6 Å². The number of aromatic nitrogens is 3. The van der Waals surface area contributed by atoms with Gasteiger partial charge >= 0.3 is 0 Å². The minimum atomic E-state index is 0.0597. The molecule has 3 heteroatoms. The summed E-state index contributed by atoms with van der Waals surface area (Å²) in [5, 5.41) is 6.70. The van der Waals surface area contributed by atoms with Crippen molar-refractivity contribution >= 4 is 60.6 Å². The molecule has 1 aliphatic carbocycles. The molecule has 0 aliphatic heterocycles. The average molecular weight is 808 g/mol. The number of rotatable bonds is 7. The predicted octanol–water partition coefficient (Wildman–Crippen LogP) is 16.7. The number of hydrogen-bond acceptors (Lipinski definition) is 0. The second-order valence-corrected chi connectivity index (χ2v) is 22.5. The second-order valence-electron chi connectivity index (χ2n) is 22.5. The number of unbranched alkanes of at least 4 members (excludes halogenated alkanes) is 3. The van der Waals surface area contributed by atoms with Crippen molar-refractivity contribution < 1.29 is 0 Å². The van der Waals surface area contributed by atoms with E-state index in [1.54, 1.807) is 5.57 Å². The van der Waals surface area contributed by atoms with E-state index >= 15 is 0 Å². The first kappa shape index (κ1) is 41.3. The van der Waals surface area contributed by atoms with Crippen molar-refractivity contribution in [2.45, 2.75) is 151 Å². The lowest BCUT2D eigenvalue weighted by Gasteiger charge is -2.27. The Morgan fingerprint density at radius 3 is 1.34 bits per heavy atom. The number of fused-ring (bicyclic) bond motifs is 9. The molecular formula is C58H69N3. The van der Waals surface area contributed by atoms with E-state index in [2.05, 4.69) is 201 Å². The van der Waals surface area contributed by atoms with Gasteiger partial charge in [0.05, 0.1) is 16.6 Å². The van der Waals surface area contributed by atoms with Gasteiger partial charge < -0.3 is 13.7 Å². The molecule has 0 bridgehead atoms. The number of hydrogen-bond donors (Lipinski definition) is 0. The topological polar surface area (TPSA) is 14.8 Å². The van der Waals surface area contributed by atoms with E-state index in [4.69, 9.17) is 0 Å². The summed E-state index contributed by atoms with van der Waals surface area (Å²) in [6, 6.07) is 36.2. The van der Waals surface area contributed by atoms with Crippen molar-refractivity contribution in [1.82, 2.24) is 13.7 Å². The lowest BCUT2D eigenvalue weighted by molar-refractivity contribution is 0.483. The first-order valence-corrected chi connectivity index (χ1v) is 23.3. The van der Waals surface area contributed by atoms with Crippen LogP contribution in [0.1, 0.15) is 150 Å². The molecule has 0 atom stereocenters. The highest BCUT2D eigenvalue weighted by atomic mass is 15.0. The predicted molar refractivity (Wildman–Crippen MR) is 267 cm³/mol. The third-order valence-corrected chi connectivity index (χ3v) is 14.0. The summed E-state index contributed by atoms with van der Waals surface area (Å²) in [6.45, 7) is 31.4. The minimum Gasteiger partial charge on any atom is -0.340 e. The maximum absolute atomic E-state index is 2.61. The fourth-order valence-corrected chi connectivity index (χ4v) is 10.2. The lowest BCUT2D eigenvalue weighted by Crippen LogP contribution is -2.14. The van der Waals surface area contributed by atoms with Gasteiger partial charge in [0.15, 0.2) is 0 Å². The van der Waals surface area contributed by atoms with Gasteiger partial charge in [-0.05, 0) is 130 Å². The standard InChI is InChI=1S/C58H69N3/c1-14-15-16-17-30-59-49-28-22-41(60-51-24-18-37(55(2,3)4)31-43(51)44-32-38(56(5,6)7)19-25-52(44)60)35-47(49)48-36-42(23-29-50(48)59)61-53-26-20-39(57(8,9)10)33-45(53)46-34-40(58(11,12)13)21-27-54(46)61/h18-20,22-26,28-29,31-36H,14-17,21,27,30H2,1-13H3. The van der Waals surface area contributed by atoms with Crippen LogP contribution in [-0.2, 0) is 29.2 Å². The van der Waals surface area contributed by atoms with Crippen LogP contribution in [-0.4, -0.2) is 13.7 Å². The average Bonchev–Trinajstić information content (AvgIpc) is 3.82. The minimum absolute atomic E-state index is 0.0597. The summed E-state index contributed by atoms with van der Waals surface area (Å²) in [7, 11) is 0. The van der Waals surface area contributed by atoms with Crippen molar-refractivity contribution in [1.29, 1.82) is 0 Å². The smallest absolute Gasteiger partial charge is 0.0541 e. The highest BCUT2D eigenvalue weighted by Gasteiger charge is 2.28. The summed E-state index contributed by atoms with van der Waals surface area (Å²) < 4.78 is 7.74. The lowest BCUT2D eigenvalue weighted by atomic mass is 9.79. The van der Waals surface area contributed by atoms with Gasteiger partial charge in [0, 0.05) is 67.1 Å². The molecular weight excluding hydrogens is 739 g/mol. The molecule has 61 heavy (non-hydrogen) atoms. The Labute approximate surface area is 365 Å². The maximum atomic E-state index is 2.61. The molecule has 3 heterocycles. The normalized spacial score (nSPS) is 14.3. The van der Waals surface area contributed by atoms with E-state index in [-0.39, 0.29) is 21.7 Å². The molecule has 3 nitrogen and oxygen atoms in total. The van der Waals surface area contributed by atoms with Crippen LogP contribution in [0.3, 0.4) is 0 Å². The van der Waals surface area contributed by atoms with Crippen molar-refractivity contribution in [3.8, 4) is 11.4 Å². The fraction of sp³-hybridized carbons (Fsp3) is 0.414. The Bertz CT molecular complexity index is 2960.